The number of carbonyl (C=O) groups is 2. The molecule has 0 radical (unpaired) electrons. The van der Waals surface area contributed by atoms with Crippen LogP contribution in [0.4, 0.5) is 4.79 Å². The standard InChI is InChI=1S/C11H17N5O3S/c12-5-9-15-16-11(19-9)20-6-8(17)14-10(18)13-7-3-1-2-4-7/h7H,1-6,12H2,(H2,13,14,17,18). The summed E-state index contributed by atoms with van der Waals surface area (Å²) in [4.78, 5) is 23.1. The van der Waals surface area contributed by atoms with Gasteiger partial charge in [-0.2, -0.15) is 0 Å². The molecule has 0 saturated heterocycles. The predicted octanol–water partition coefficient (Wildman–Crippen LogP) is 0.389. The maximum absolute atomic E-state index is 11.6. The Labute approximate surface area is 120 Å². The Morgan fingerprint density at radius 2 is 2.10 bits per heavy atom. The number of hydrogen-bond acceptors (Lipinski definition) is 7. The van der Waals surface area contributed by atoms with Crippen molar-refractivity contribution in [1.82, 2.24) is 20.8 Å². The third-order valence-corrected chi connectivity index (χ3v) is 3.71. The van der Waals surface area contributed by atoms with Gasteiger partial charge in [0.1, 0.15) is 0 Å². The number of carbonyl (C=O) groups excluding carboxylic acids is 2. The van der Waals surface area contributed by atoms with Crippen LogP contribution in [0, 0.1) is 0 Å². The van der Waals surface area contributed by atoms with E-state index in [1.807, 2.05) is 0 Å². The summed E-state index contributed by atoms with van der Waals surface area (Å²) in [5, 5.41) is 12.7. The largest absolute Gasteiger partial charge is 0.415 e. The first-order chi connectivity index (χ1) is 9.67. The lowest BCUT2D eigenvalue weighted by atomic mass is 10.2. The molecule has 8 nitrogen and oxygen atoms in total. The molecule has 0 aromatic carbocycles. The maximum Gasteiger partial charge on any atom is 0.321 e. The minimum atomic E-state index is -0.448. The molecule has 1 aliphatic carbocycles. The summed E-state index contributed by atoms with van der Waals surface area (Å²) in [6, 6.07) is -0.269. The highest BCUT2D eigenvalue weighted by Crippen LogP contribution is 2.17. The number of aromatic nitrogens is 2. The molecule has 0 unspecified atom stereocenters. The molecule has 20 heavy (non-hydrogen) atoms. The Hall–Kier alpha value is -1.61. The van der Waals surface area contributed by atoms with Gasteiger partial charge in [-0.05, 0) is 12.8 Å². The fourth-order valence-corrected chi connectivity index (χ4v) is 2.54. The van der Waals surface area contributed by atoms with Crippen molar-refractivity contribution in [3.8, 4) is 0 Å². The van der Waals surface area contributed by atoms with Gasteiger partial charge in [0, 0.05) is 6.04 Å². The third-order valence-electron chi connectivity index (χ3n) is 2.89. The van der Waals surface area contributed by atoms with Crippen LogP contribution in [0.1, 0.15) is 31.6 Å². The van der Waals surface area contributed by atoms with E-state index < -0.39 is 11.9 Å². The fraction of sp³-hybridized carbons (Fsp3) is 0.636. The van der Waals surface area contributed by atoms with Gasteiger partial charge in [-0.25, -0.2) is 4.79 Å². The van der Waals surface area contributed by atoms with Gasteiger partial charge >= 0.3 is 6.03 Å². The highest BCUT2D eigenvalue weighted by molar-refractivity contribution is 7.99. The van der Waals surface area contributed by atoms with Crippen molar-refractivity contribution in [3.63, 3.8) is 0 Å². The van der Waals surface area contributed by atoms with E-state index in [9.17, 15) is 9.59 Å². The first kappa shape index (κ1) is 14.8. The van der Waals surface area contributed by atoms with Crippen LogP contribution in [0.5, 0.6) is 0 Å². The van der Waals surface area contributed by atoms with Crippen LogP contribution in [0.2, 0.25) is 0 Å². The number of imide groups is 1. The fourth-order valence-electron chi connectivity index (χ4n) is 1.96. The summed E-state index contributed by atoms with van der Waals surface area (Å²) in [5.74, 6) is -0.0607. The Morgan fingerprint density at radius 3 is 2.75 bits per heavy atom. The molecule has 1 aromatic heterocycles. The molecule has 2 rings (SSSR count). The van der Waals surface area contributed by atoms with Crippen LogP contribution in [-0.2, 0) is 11.3 Å². The lowest BCUT2D eigenvalue weighted by Gasteiger charge is -2.11. The van der Waals surface area contributed by atoms with E-state index in [4.69, 9.17) is 10.2 Å². The Kier molecular flexibility index (Phi) is 5.36. The number of nitrogens with zero attached hydrogens (tertiary/aromatic N) is 2. The number of amides is 3. The molecule has 0 aliphatic heterocycles. The molecule has 9 heteroatoms. The van der Waals surface area contributed by atoms with Gasteiger partial charge in [-0.3, -0.25) is 10.1 Å². The molecule has 110 valence electrons. The number of urea groups is 1. The van der Waals surface area contributed by atoms with E-state index >= 15 is 0 Å². The van der Waals surface area contributed by atoms with Crippen LogP contribution in [-0.4, -0.2) is 33.9 Å². The molecule has 1 saturated carbocycles. The quantitative estimate of drug-likeness (QED) is 0.672. The zero-order chi connectivity index (χ0) is 14.4. The van der Waals surface area contributed by atoms with Gasteiger partial charge in [0.15, 0.2) is 0 Å². The van der Waals surface area contributed by atoms with Gasteiger partial charge in [-0.15, -0.1) is 10.2 Å². The highest BCUT2D eigenvalue weighted by Gasteiger charge is 2.18. The summed E-state index contributed by atoms with van der Waals surface area (Å²) in [6.07, 6.45) is 4.19. The molecule has 0 spiro atoms. The van der Waals surface area contributed by atoms with E-state index in [1.165, 1.54) is 0 Å². The van der Waals surface area contributed by atoms with Crippen molar-refractivity contribution in [3.05, 3.63) is 5.89 Å². The smallest absolute Gasteiger partial charge is 0.321 e. The van der Waals surface area contributed by atoms with Crippen LogP contribution >= 0.6 is 11.8 Å². The van der Waals surface area contributed by atoms with Crippen molar-refractivity contribution in [2.24, 2.45) is 5.73 Å². The van der Waals surface area contributed by atoms with E-state index in [2.05, 4.69) is 20.8 Å². The van der Waals surface area contributed by atoms with E-state index in [1.54, 1.807) is 0 Å². The summed E-state index contributed by atoms with van der Waals surface area (Å²) >= 11 is 1.06. The number of thioether (sulfide) groups is 1. The number of rotatable bonds is 5. The third kappa shape index (κ3) is 4.49. The Morgan fingerprint density at radius 1 is 1.35 bits per heavy atom. The van der Waals surface area contributed by atoms with Crippen molar-refractivity contribution in [2.75, 3.05) is 5.75 Å². The van der Waals surface area contributed by atoms with Gasteiger partial charge < -0.3 is 15.5 Å². The average molecular weight is 299 g/mol. The lowest BCUT2D eigenvalue weighted by Crippen LogP contribution is -2.44. The van der Waals surface area contributed by atoms with E-state index in [-0.39, 0.29) is 23.6 Å². The van der Waals surface area contributed by atoms with Gasteiger partial charge in [0.05, 0.1) is 12.3 Å². The van der Waals surface area contributed by atoms with Crippen LogP contribution in [0.25, 0.3) is 0 Å². The zero-order valence-corrected chi connectivity index (χ0v) is 11.7. The maximum atomic E-state index is 11.6. The number of nitrogens with one attached hydrogen (secondary N) is 2. The minimum absolute atomic E-state index is 0.0320. The SMILES string of the molecule is NCc1nnc(SCC(=O)NC(=O)NC2CCCC2)o1. The molecule has 1 aliphatic rings. The summed E-state index contributed by atoms with van der Waals surface area (Å²) < 4.78 is 5.13. The van der Waals surface area contributed by atoms with Crippen molar-refractivity contribution < 1.29 is 14.0 Å². The first-order valence-electron chi connectivity index (χ1n) is 6.43. The zero-order valence-electron chi connectivity index (χ0n) is 10.9. The lowest BCUT2D eigenvalue weighted by molar-refractivity contribution is -0.117. The molecule has 4 N–H and O–H groups in total. The summed E-state index contributed by atoms with van der Waals surface area (Å²) in [6.45, 7) is 0.156. The molecule has 1 heterocycles. The second-order valence-electron chi connectivity index (χ2n) is 4.46. The molecule has 0 bridgehead atoms. The highest BCUT2D eigenvalue weighted by atomic mass is 32.2. The predicted molar refractivity (Wildman–Crippen MR) is 71.8 cm³/mol. The van der Waals surface area contributed by atoms with Gasteiger partial charge in [-0.1, -0.05) is 24.6 Å². The molecule has 3 amide bonds. The van der Waals surface area contributed by atoms with E-state index in [0.717, 1.165) is 37.4 Å². The van der Waals surface area contributed by atoms with Gasteiger partial charge in [0.25, 0.3) is 5.22 Å². The number of hydrogen-bond donors (Lipinski definition) is 3. The topological polar surface area (TPSA) is 123 Å². The van der Waals surface area contributed by atoms with Crippen molar-refractivity contribution in [2.45, 2.75) is 43.5 Å². The normalized spacial score (nSPS) is 15.2. The van der Waals surface area contributed by atoms with Crippen molar-refractivity contribution >= 4 is 23.7 Å². The van der Waals surface area contributed by atoms with Gasteiger partial charge in [0.2, 0.25) is 11.8 Å². The van der Waals surface area contributed by atoms with Crippen molar-refractivity contribution in [1.29, 1.82) is 0 Å². The molecular weight excluding hydrogens is 282 g/mol. The monoisotopic (exact) mass is 299 g/mol. The molecule has 1 fully saturated rings. The first-order valence-corrected chi connectivity index (χ1v) is 7.41. The molecule has 0 atom stereocenters. The Bertz CT molecular complexity index is 472. The van der Waals surface area contributed by atoms with Crippen LogP contribution < -0.4 is 16.4 Å². The second-order valence-corrected chi connectivity index (χ2v) is 5.38. The van der Waals surface area contributed by atoms with E-state index in [0.29, 0.717) is 5.89 Å². The Balaban J connectivity index is 1.67. The second kappa shape index (κ2) is 7.25. The summed E-state index contributed by atoms with van der Waals surface area (Å²) in [7, 11) is 0. The molecule has 1 aromatic rings. The minimum Gasteiger partial charge on any atom is -0.415 e. The summed E-state index contributed by atoms with van der Waals surface area (Å²) in [5.41, 5.74) is 5.33. The molecular formula is C11H17N5O3S. The average Bonchev–Trinajstić information content (AvgIpc) is 3.07. The van der Waals surface area contributed by atoms with Crippen LogP contribution in [0.3, 0.4) is 0 Å². The number of nitrogens with two attached hydrogens (primary N) is 1. The van der Waals surface area contributed by atoms with Crippen LogP contribution in [0.15, 0.2) is 9.64 Å².